The van der Waals surface area contributed by atoms with Gasteiger partial charge in [-0.15, -0.1) is 0 Å². The molecule has 4 nitrogen and oxygen atoms in total. The van der Waals surface area contributed by atoms with Crippen molar-refractivity contribution in [1.82, 2.24) is 4.90 Å². The minimum atomic E-state index is 0.0932. The number of fused-ring (bicyclic) bond motifs is 1. The fourth-order valence-corrected chi connectivity index (χ4v) is 4.19. The van der Waals surface area contributed by atoms with Gasteiger partial charge in [-0.3, -0.25) is 0 Å². The number of likely N-dealkylation sites (N-methyl/N-ethyl adjacent to an activating group) is 1. The number of hydrogen-bond acceptors (Lipinski definition) is 4. The largest absolute Gasteiger partial charge is 0.493 e. The Morgan fingerprint density at radius 3 is 2.43 bits per heavy atom. The molecule has 0 radical (unpaired) electrons. The Kier molecular flexibility index (Phi) is 6.50. The van der Waals surface area contributed by atoms with Crippen LogP contribution in [0.4, 0.5) is 5.69 Å². The SMILES string of the molecule is COc1ccccc1OCCN(C)CC1CCc2ccccc2N1C(C)(C)C. The Bertz CT molecular complexity index is 769. The zero-order valence-corrected chi connectivity index (χ0v) is 17.9. The Morgan fingerprint density at radius 1 is 1.04 bits per heavy atom. The van der Waals surface area contributed by atoms with Gasteiger partial charge in [0.25, 0.3) is 0 Å². The second-order valence-corrected chi connectivity index (χ2v) is 8.62. The molecule has 1 heterocycles. The van der Waals surface area contributed by atoms with Gasteiger partial charge in [0, 0.05) is 30.4 Å². The maximum absolute atomic E-state index is 5.96. The Hall–Kier alpha value is -2.20. The van der Waals surface area contributed by atoms with E-state index in [1.165, 1.54) is 17.7 Å². The molecule has 0 spiro atoms. The summed E-state index contributed by atoms with van der Waals surface area (Å²) in [5.74, 6) is 1.59. The van der Waals surface area contributed by atoms with Crippen molar-refractivity contribution in [3.8, 4) is 11.5 Å². The number of para-hydroxylation sites is 3. The highest BCUT2D eigenvalue weighted by Crippen LogP contribution is 2.36. The molecule has 1 aliphatic rings. The van der Waals surface area contributed by atoms with E-state index in [-0.39, 0.29) is 5.54 Å². The molecular formula is C24H34N2O2. The van der Waals surface area contributed by atoms with Crippen LogP contribution in [0.15, 0.2) is 48.5 Å². The van der Waals surface area contributed by atoms with E-state index >= 15 is 0 Å². The second kappa shape index (κ2) is 8.87. The predicted molar refractivity (Wildman–Crippen MR) is 117 cm³/mol. The third-order valence-electron chi connectivity index (χ3n) is 5.41. The van der Waals surface area contributed by atoms with Crippen LogP contribution in [0.1, 0.15) is 32.8 Å². The van der Waals surface area contributed by atoms with E-state index in [1.807, 2.05) is 24.3 Å². The summed E-state index contributed by atoms with van der Waals surface area (Å²) >= 11 is 0. The molecule has 1 aliphatic heterocycles. The monoisotopic (exact) mass is 382 g/mol. The van der Waals surface area contributed by atoms with Crippen molar-refractivity contribution in [3.63, 3.8) is 0 Å². The predicted octanol–water partition coefficient (Wildman–Crippen LogP) is 4.63. The number of aryl methyl sites for hydroxylation is 1. The molecule has 0 fully saturated rings. The first kappa shape index (κ1) is 20.5. The third-order valence-corrected chi connectivity index (χ3v) is 5.41. The van der Waals surface area contributed by atoms with Crippen molar-refractivity contribution in [2.75, 3.05) is 38.8 Å². The van der Waals surface area contributed by atoms with Crippen LogP contribution in [0.2, 0.25) is 0 Å². The lowest BCUT2D eigenvalue weighted by Gasteiger charge is -2.48. The molecule has 152 valence electrons. The van der Waals surface area contributed by atoms with Crippen molar-refractivity contribution >= 4 is 5.69 Å². The lowest BCUT2D eigenvalue weighted by molar-refractivity contribution is 0.213. The van der Waals surface area contributed by atoms with Crippen LogP contribution in [0.3, 0.4) is 0 Å². The molecule has 4 heteroatoms. The van der Waals surface area contributed by atoms with Crippen molar-refractivity contribution < 1.29 is 9.47 Å². The highest BCUT2D eigenvalue weighted by atomic mass is 16.5. The number of methoxy groups -OCH3 is 1. The first-order chi connectivity index (χ1) is 13.4. The lowest BCUT2D eigenvalue weighted by atomic mass is 9.90. The molecule has 0 saturated carbocycles. The van der Waals surface area contributed by atoms with Gasteiger partial charge in [0.2, 0.25) is 0 Å². The van der Waals surface area contributed by atoms with Gasteiger partial charge in [0.15, 0.2) is 11.5 Å². The fraction of sp³-hybridized carbons (Fsp3) is 0.500. The summed E-state index contributed by atoms with van der Waals surface area (Å²) in [5.41, 5.74) is 2.96. The summed E-state index contributed by atoms with van der Waals surface area (Å²) in [4.78, 5) is 5.00. The van der Waals surface area contributed by atoms with E-state index in [4.69, 9.17) is 9.47 Å². The second-order valence-electron chi connectivity index (χ2n) is 8.62. The Morgan fingerprint density at radius 2 is 1.71 bits per heavy atom. The minimum Gasteiger partial charge on any atom is -0.493 e. The summed E-state index contributed by atoms with van der Waals surface area (Å²) in [6, 6.07) is 17.2. The quantitative estimate of drug-likeness (QED) is 0.697. The van der Waals surface area contributed by atoms with Crippen LogP contribution in [0.25, 0.3) is 0 Å². The number of benzene rings is 2. The maximum atomic E-state index is 5.96. The summed E-state index contributed by atoms with van der Waals surface area (Å²) in [5, 5.41) is 0. The Balaban J connectivity index is 1.61. The summed E-state index contributed by atoms with van der Waals surface area (Å²) in [6.45, 7) is 9.50. The molecule has 0 aliphatic carbocycles. The number of ether oxygens (including phenoxy) is 2. The van der Waals surface area contributed by atoms with Gasteiger partial charge >= 0.3 is 0 Å². The lowest BCUT2D eigenvalue weighted by Crippen LogP contribution is -2.54. The van der Waals surface area contributed by atoms with Crippen LogP contribution in [0, 0.1) is 0 Å². The number of hydrogen-bond donors (Lipinski definition) is 0. The fourth-order valence-electron chi connectivity index (χ4n) is 4.19. The van der Waals surface area contributed by atoms with Crippen molar-refractivity contribution in [2.24, 2.45) is 0 Å². The van der Waals surface area contributed by atoms with Gasteiger partial charge in [-0.1, -0.05) is 30.3 Å². The van der Waals surface area contributed by atoms with E-state index in [1.54, 1.807) is 7.11 Å². The molecule has 0 bridgehead atoms. The van der Waals surface area contributed by atoms with Crippen LogP contribution < -0.4 is 14.4 Å². The van der Waals surface area contributed by atoms with Crippen molar-refractivity contribution in [2.45, 2.75) is 45.2 Å². The first-order valence-corrected chi connectivity index (χ1v) is 10.2. The van der Waals surface area contributed by atoms with Crippen LogP contribution >= 0.6 is 0 Å². The van der Waals surface area contributed by atoms with Gasteiger partial charge in [-0.25, -0.2) is 0 Å². The molecule has 0 aromatic heterocycles. The average Bonchev–Trinajstić information content (AvgIpc) is 2.67. The van der Waals surface area contributed by atoms with Gasteiger partial charge in [0.1, 0.15) is 6.61 Å². The van der Waals surface area contributed by atoms with Gasteiger partial charge in [-0.2, -0.15) is 0 Å². The highest BCUT2D eigenvalue weighted by molar-refractivity contribution is 5.58. The van der Waals surface area contributed by atoms with Gasteiger partial charge < -0.3 is 19.3 Å². The van der Waals surface area contributed by atoms with Gasteiger partial charge in [0.05, 0.1) is 7.11 Å². The van der Waals surface area contributed by atoms with Crippen LogP contribution in [-0.4, -0.2) is 50.3 Å². The topological polar surface area (TPSA) is 24.9 Å². The summed E-state index contributed by atoms with van der Waals surface area (Å²) in [6.07, 6.45) is 2.34. The van der Waals surface area contributed by atoms with E-state index in [0.717, 1.165) is 31.0 Å². The summed E-state index contributed by atoms with van der Waals surface area (Å²) < 4.78 is 11.3. The molecule has 1 unspecified atom stereocenters. The molecule has 3 rings (SSSR count). The number of rotatable bonds is 7. The van der Waals surface area contributed by atoms with Crippen LogP contribution in [0.5, 0.6) is 11.5 Å². The van der Waals surface area contributed by atoms with E-state index in [9.17, 15) is 0 Å². The molecule has 0 saturated heterocycles. The molecule has 2 aromatic carbocycles. The molecule has 0 amide bonds. The third kappa shape index (κ3) is 4.79. The maximum Gasteiger partial charge on any atom is 0.161 e. The molecule has 0 N–H and O–H groups in total. The molecule has 28 heavy (non-hydrogen) atoms. The Labute approximate surface area is 170 Å². The zero-order chi connectivity index (χ0) is 20.1. The van der Waals surface area contributed by atoms with Crippen LogP contribution in [-0.2, 0) is 6.42 Å². The highest BCUT2D eigenvalue weighted by Gasteiger charge is 2.34. The average molecular weight is 383 g/mol. The molecule has 1 atom stereocenters. The minimum absolute atomic E-state index is 0.0932. The van der Waals surface area contributed by atoms with Crippen molar-refractivity contribution in [3.05, 3.63) is 54.1 Å². The van der Waals surface area contributed by atoms with E-state index < -0.39 is 0 Å². The normalized spacial score (nSPS) is 16.8. The first-order valence-electron chi connectivity index (χ1n) is 10.2. The number of nitrogens with zero attached hydrogens (tertiary/aromatic N) is 2. The summed E-state index contributed by atoms with van der Waals surface area (Å²) in [7, 11) is 3.86. The molecule has 2 aromatic rings. The zero-order valence-electron chi connectivity index (χ0n) is 17.9. The number of anilines is 1. The van der Waals surface area contributed by atoms with Crippen molar-refractivity contribution in [1.29, 1.82) is 0 Å². The van der Waals surface area contributed by atoms with Gasteiger partial charge in [-0.05, 0) is 64.4 Å². The van der Waals surface area contributed by atoms with E-state index in [0.29, 0.717) is 12.6 Å². The molecular weight excluding hydrogens is 348 g/mol. The van der Waals surface area contributed by atoms with E-state index in [2.05, 4.69) is 61.9 Å². The smallest absolute Gasteiger partial charge is 0.161 e. The standard InChI is InChI=1S/C24H34N2O2/c1-24(2,3)26-20(15-14-19-10-6-7-11-21(19)26)18-25(4)16-17-28-23-13-9-8-12-22(23)27-5/h6-13,20H,14-18H2,1-5H3.